The molecule has 0 spiro atoms. The van der Waals surface area contributed by atoms with Crippen LogP contribution in [-0.2, 0) is 22.4 Å². The van der Waals surface area contributed by atoms with Crippen LogP contribution in [0.3, 0.4) is 0 Å². The maximum absolute atomic E-state index is 12.6. The normalized spacial score (nSPS) is 29.1. The first-order valence-corrected chi connectivity index (χ1v) is 13.2. The van der Waals surface area contributed by atoms with Crippen LogP contribution in [-0.4, -0.2) is 51.1 Å². The minimum absolute atomic E-state index is 0.0426. The SMILES string of the molecule is COC(=O)N1c2ccc3c(nc(C[C@@H]4CCCC[C@H]4O)n3[C@@H]3CCC[C@@H](C(=O)O)C3)c2CC[C@@H]1C. The van der Waals surface area contributed by atoms with E-state index in [1.807, 2.05) is 19.1 Å². The molecular formula is C27H37N3O5. The standard InChI is InChI=1S/C27H37N3O5/c1-16-10-11-20-21(29(16)27(34)35-2)12-13-22-25(20)28-24(15-17-6-3-4-9-23(17)31)30(22)19-8-5-7-18(14-19)26(32)33/h12-13,16-19,23,31H,3-11,14-15H2,1-2H3,(H,32,33)/t16-,17-,18+,19+,23+/m0/s1. The van der Waals surface area contributed by atoms with Crippen molar-refractivity contribution < 1.29 is 24.5 Å². The van der Waals surface area contributed by atoms with Crippen LogP contribution in [0.5, 0.6) is 0 Å². The number of rotatable bonds is 4. The minimum Gasteiger partial charge on any atom is -0.481 e. The third-order valence-electron chi connectivity index (χ3n) is 8.57. The molecule has 8 heteroatoms. The molecule has 2 aliphatic carbocycles. The van der Waals surface area contributed by atoms with Crippen molar-refractivity contribution in [2.24, 2.45) is 11.8 Å². The summed E-state index contributed by atoms with van der Waals surface area (Å²) in [7, 11) is 1.41. The lowest BCUT2D eigenvalue weighted by Crippen LogP contribution is -2.42. The van der Waals surface area contributed by atoms with Crippen molar-refractivity contribution in [2.75, 3.05) is 12.0 Å². The van der Waals surface area contributed by atoms with Gasteiger partial charge in [0.2, 0.25) is 0 Å². The molecule has 2 N–H and O–H groups in total. The second kappa shape index (κ2) is 9.80. The van der Waals surface area contributed by atoms with E-state index in [0.717, 1.165) is 85.9 Å². The van der Waals surface area contributed by atoms with Gasteiger partial charge in [0.25, 0.3) is 0 Å². The number of ether oxygens (including phenoxy) is 1. The number of aromatic nitrogens is 2. The highest BCUT2D eigenvalue weighted by Crippen LogP contribution is 2.41. The number of nitrogens with zero attached hydrogens (tertiary/aromatic N) is 3. The molecule has 0 unspecified atom stereocenters. The van der Waals surface area contributed by atoms with E-state index in [1.54, 1.807) is 4.90 Å². The van der Waals surface area contributed by atoms with Gasteiger partial charge in [-0.2, -0.15) is 0 Å². The van der Waals surface area contributed by atoms with E-state index >= 15 is 0 Å². The fourth-order valence-corrected chi connectivity index (χ4v) is 6.66. The smallest absolute Gasteiger partial charge is 0.414 e. The van der Waals surface area contributed by atoms with Gasteiger partial charge in [-0.1, -0.05) is 19.3 Å². The molecule has 2 saturated carbocycles. The summed E-state index contributed by atoms with van der Waals surface area (Å²) in [6.07, 6.45) is 8.79. The van der Waals surface area contributed by atoms with Crippen molar-refractivity contribution in [1.29, 1.82) is 0 Å². The Hall–Kier alpha value is -2.61. The van der Waals surface area contributed by atoms with Crippen molar-refractivity contribution in [3.8, 4) is 0 Å². The molecule has 3 aliphatic rings. The third-order valence-corrected chi connectivity index (χ3v) is 8.57. The first-order valence-electron chi connectivity index (χ1n) is 13.2. The summed E-state index contributed by atoms with van der Waals surface area (Å²) >= 11 is 0. The molecule has 2 heterocycles. The number of anilines is 1. The number of hydrogen-bond acceptors (Lipinski definition) is 5. The number of carboxylic acids is 1. The lowest BCUT2D eigenvalue weighted by molar-refractivity contribution is -0.143. The maximum Gasteiger partial charge on any atom is 0.414 e. The van der Waals surface area contributed by atoms with E-state index in [9.17, 15) is 19.8 Å². The van der Waals surface area contributed by atoms with E-state index in [2.05, 4.69) is 4.57 Å². The third kappa shape index (κ3) is 4.41. The molecule has 5 atom stereocenters. The second-order valence-corrected chi connectivity index (χ2v) is 10.7. The number of carbonyl (C=O) groups is 2. The monoisotopic (exact) mass is 483 g/mol. The van der Waals surface area contributed by atoms with Gasteiger partial charge in [-0.3, -0.25) is 9.69 Å². The Kier molecular flexibility index (Phi) is 6.75. The van der Waals surface area contributed by atoms with E-state index in [1.165, 1.54) is 7.11 Å². The summed E-state index contributed by atoms with van der Waals surface area (Å²) in [6, 6.07) is 4.16. The quantitative estimate of drug-likeness (QED) is 0.644. The van der Waals surface area contributed by atoms with Crippen molar-refractivity contribution in [1.82, 2.24) is 9.55 Å². The average molecular weight is 484 g/mol. The molecule has 1 aliphatic heterocycles. The van der Waals surface area contributed by atoms with Gasteiger partial charge in [0.05, 0.1) is 35.9 Å². The summed E-state index contributed by atoms with van der Waals surface area (Å²) in [5.41, 5.74) is 3.82. The van der Waals surface area contributed by atoms with Crippen LogP contribution < -0.4 is 4.90 Å². The molecular weight excluding hydrogens is 446 g/mol. The molecule has 8 nitrogen and oxygen atoms in total. The van der Waals surface area contributed by atoms with Crippen LogP contribution in [0.1, 0.15) is 82.1 Å². The molecule has 0 radical (unpaired) electrons. The van der Waals surface area contributed by atoms with Crippen molar-refractivity contribution >= 4 is 28.8 Å². The maximum atomic E-state index is 12.6. The Bertz CT molecular complexity index is 1110. The molecule has 35 heavy (non-hydrogen) atoms. The van der Waals surface area contributed by atoms with Crippen molar-refractivity contribution in [3.63, 3.8) is 0 Å². The zero-order chi connectivity index (χ0) is 24.7. The van der Waals surface area contributed by atoms with Gasteiger partial charge in [0.15, 0.2) is 0 Å². The zero-order valence-electron chi connectivity index (χ0n) is 20.8. The molecule has 2 aromatic rings. The average Bonchev–Trinajstić information content (AvgIpc) is 3.23. The van der Waals surface area contributed by atoms with Gasteiger partial charge >= 0.3 is 12.1 Å². The highest BCUT2D eigenvalue weighted by molar-refractivity contribution is 5.95. The fraction of sp³-hybridized carbons (Fsp3) is 0.667. The van der Waals surface area contributed by atoms with Crippen LogP contribution in [0.4, 0.5) is 10.5 Å². The van der Waals surface area contributed by atoms with E-state index in [-0.39, 0.29) is 36.1 Å². The summed E-state index contributed by atoms with van der Waals surface area (Å²) in [4.78, 5) is 31.3. The van der Waals surface area contributed by atoms with Crippen LogP contribution >= 0.6 is 0 Å². The Morgan fingerprint density at radius 1 is 1.11 bits per heavy atom. The van der Waals surface area contributed by atoms with Gasteiger partial charge in [-0.15, -0.1) is 0 Å². The number of hydrogen-bond donors (Lipinski definition) is 2. The van der Waals surface area contributed by atoms with Crippen LogP contribution in [0.15, 0.2) is 12.1 Å². The summed E-state index contributed by atoms with van der Waals surface area (Å²) in [6.45, 7) is 2.03. The Balaban J connectivity index is 1.61. The number of carbonyl (C=O) groups excluding carboxylic acids is 1. The molecule has 2 fully saturated rings. The highest BCUT2D eigenvalue weighted by Gasteiger charge is 2.35. The number of benzene rings is 1. The Labute approximate surface area is 206 Å². The summed E-state index contributed by atoms with van der Waals surface area (Å²) in [5.74, 6) is 0.0512. The van der Waals surface area contributed by atoms with E-state index in [4.69, 9.17) is 9.72 Å². The molecule has 1 amide bonds. The minimum atomic E-state index is -0.719. The zero-order valence-corrected chi connectivity index (χ0v) is 20.8. The van der Waals surface area contributed by atoms with E-state index in [0.29, 0.717) is 12.8 Å². The summed E-state index contributed by atoms with van der Waals surface area (Å²) < 4.78 is 7.36. The van der Waals surface area contributed by atoms with Gasteiger partial charge in [-0.25, -0.2) is 9.78 Å². The largest absolute Gasteiger partial charge is 0.481 e. The lowest BCUT2D eigenvalue weighted by atomic mass is 9.83. The predicted molar refractivity (Wildman–Crippen MR) is 133 cm³/mol. The number of carboxylic acid groups (broad SMARTS) is 1. The number of aryl methyl sites for hydroxylation is 1. The molecule has 0 saturated heterocycles. The predicted octanol–water partition coefficient (Wildman–Crippen LogP) is 4.85. The van der Waals surface area contributed by atoms with Crippen LogP contribution in [0.25, 0.3) is 11.0 Å². The molecule has 0 bridgehead atoms. The number of methoxy groups -OCH3 is 1. The topological polar surface area (TPSA) is 105 Å². The van der Waals surface area contributed by atoms with Crippen LogP contribution in [0, 0.1) is 11.8 Å². The van der Waals surface area contributed by atoms with Crippen molar-refractivity contribution in [2.45, 2.75) is 95.7 Å². The van der Waals surface area contributed by atoms with Gasteiger partial charge in [-0.05, 0) is 69.9 Å². The first kappa shape index (κ1) is 24.1. The van der Waals surface area contributed by atoms with Gasteiger partial charge in [0.1, 0.15) is 5.82 Å². The van der Waals surface area contributed by atoms with Crippen LogP contribution in [0.2, 0.25) is 0 Å². The second-order valence-electron chi connectivity index (χ2n) is 10.7. The first-order chi connectivity index (χ1) is 16.9. The Morgan fingerprint density at radius 2 is 1.91 bits per heavy atom. The van der Waals surface area contributed by atoms with Crippen molar-refractivity contribution in [3.05, 3.63) is 23.5 Å². The molecule has 5 rings (SSSR count). The number of amides is 1. The highest BCUT2D eigenvalue weighted by atomic mass is 16.5. The van der Waals surface area contributed by atoms with E-state index < -0.39 is 5.97 Å². The number of aliphatic carboxylic acids is 1. The molecule has 1 aromatic heterocycles. The number of fused-ring (bicyclic) bond motifs is 3. The Morgan fingerprint density at radius 3 is 2.66 bits per heavy atom. The number of imidazole rings is 1. The molecule has 190 valence electrons. The lowest BCUT2D eigenvalue weighted by Gasteiger charge is -2.34. The number of aliphatic hydroxyl groups excluding tert-OH is 1. The fourth-order valence-electron chi connectivity index (χ4n) is 6.66. The number of aliphatic hydroxyl groups is 1. The summed E-state index contributed by atoms with van der Waals surface area (Å²) in [5, 5.41) is 20.4. The molecule has 1 aromatic carbocycles. The van der Waals surface area contributed by atoms with Gasteiger partial charge in [0, 0.05) is 24.1 Å². The van der Waals surface area contributed by atoms with Gasteiger partial charge < -0.3 is 19.5 Å².